The van der Waals surface area contributed by atoms with Crippen LogP contribution in [-0.2, 0) is 6.42 Å². The number of imidazole rings is 1. The van der Waals surface area contributed by atoms with Gasteiger partial charge in [0.15, 0.2) is 0 Å². The van der Waals surface area contributed by atoms with E-state index < -0.39 is 0 Å². The largest absolute Gasteiger partial charge is 0.303 e. The number of benzene rings is 1. The fourth-order valence-corrected chi connectivity index (χ4v) is 1.88. The van der Waals surface area contributed by atoms with Crippen molar-refractivity contribution in [3.8, 4) is 5.69 Å². The lowest BCUT2D eigenvalue weighted by molar-refractivity contribution is 0.967. The van der Waals surface area contributed by atoms with Crippen LogP contribution in [-0.4, -0.2) is 9.55 Å². The van der Waals surface area contributed by atoms with E-state index in [0.29, 0.717) is 0 Å². The molecule has 0 spiro atoms. The minimum Gasteiger partial charge on any atom is -0.303 e. The molecule has 0 unspecified atom stereocenters. The maximum Gasteiger partial charge on any atom is 0.0994 e. The zero-order valence-electron chi connectivity index (χ0n) is 8.87. The van der Waals surface area contributed by atoms with Gasteiger partial charge in [-0.15, -0.1) is 0 Å². The van der Waals surface area contributed by atoms with Crippen molar-refractivity contribution >= 4 is 11.6 Å². The van der Waals surface area contributed by atoms with Crippen molar-refractivity contribution in [2.75, 3.05) is 0 Å². The van der Waals surface area contributed by atoms with Gasteiger partial charge in [-0.25, -0.2) is 4.98 Å². The monoisotopic (exact) mass is 220 g/mol. The highest BCUT2D eigenvalue weighted by Gasteiger charge is 2.05. The lowest BCUT2D eigenvalue weighted by Crippen LogP contribution is -1.99. The first-order chi connectivity index (χ1) is 7.22. The van der Waals surface area contributed by atoms with Gasteiger partial charge in [-0.3, -0.25) is 0 Å². The van der Waals surface area contributed by atoms with E-state index in [0.717, 1.165) is 22.8 Å². The lowest BCUT2D eigenvalue weighted by atomic mass is 10.1. The van der Waals surface area contributed by atoms with Crippen molar-refractivity contribution < 1.29 is 0 Å². The number of rotatable bonds is 2. The van der Waals surface area contributed by atoms with E-state index in [1.807, 2.05) is 37.6 Å². The second-order valence-electron chi connectivity index (χ2n) is 3.53. The summed E-state index contributed by atoms with van der Waals surface area (Å²) in [5.74, 6) is 0. The first-order valence-electron chi connectivity index (χ1n) is 5.00. The van der Waals surface area contributed by atoms with Crippen LogP contribution in [0.2, 0.25) is 5.02 Å². The van der Waals surface area contributed by atoms with Crippen LogP contribution in [0.4, 0.5) is 0 Å². The summed E-state index contributed by atoms with van der Waals surface area (Å²) >= 11 is 5.97. The highest BCUT2D eigenvalue weighted by Crippen LogP contribution is 2.21. The van der Waals surface area contributed by atoms with Crippen LogP contribution in [0.15, 0.2) is 30.7 Å². The lowest BCUT2D eigenvalue weighted by Gasteiger charge is -2.10. The van der Waals surface area contributed by atoms with Gasteiger partial charge >= 0.3 is 0 Å². The van der Waals surface area contributed by atoms with Gasteiger partial charge in [0.05, 0.1) is 12.0 Å². The fraction of sp³-hybridized carbons (Fsp3) is 0.250. The Morgan fingerprint density at radius 1 is 1.40 bits per heavy atom. The van der Waals surface area contributed by atoms with Crippen molar-refractivity contribution in [3.63, 3.8) is 0 Å². The number of aromatic nitrogens is 2. The van der Waals surface area contributed by atoms with E-state index in [4.69, 9.17) is 11.6 Å². The number of halogens is 1. The molecule has 15 heavy (non-hydrogen) atoms. The summed E-state index contributed by atoms with van der Waals surface area (Å²) < 4.78 is 2.08. The highest BCUT2D eigenvalue weighted by molar-refractivity contribution is 6.30. The molecule has 0 atom stereocenters. The van der Waals surface area contributed by atoms with Crippen LogP contribution < -0.4 is 0 Å². The minimum absolute atomic E-state index is 0.786. The molecule has 0 saturated heterocycles. The predicted octanol–water partition coefficient (Wildman–Crippen LogP) is 3.40. The zero-order chi connectivity index (χ0) is 10.8. The van der Waals surface area contributed by atoms with Crippen molar-refractivity contribution in [1.29, 1.82) is 0 Å². The fourth-order valence-electron chi connectivity index (χ4n) is 1.69. The molecular formula is C12H13ClN2. The Bertz CT molecular complexity index is 474. The third kappa shape index (κ3) is 1.90. The van der Waals surface area contributed by atoms with E-state index in [1.165, 1.54) is 5.56 Å². The molecule has 0 saturated carbocycles. The predicted molar refractivity (Wildman–Crippen MR) is 62.7 cm³/mol. The van der Waals surface area contributed by atoms with Crippen LogP contribution in [0.5, 0.6) is 0 Å². The molecule has 2 aromatic rings. The van der Waals surface area contributed by atoms with E-state index >= 15 is 0 Å². The first-order valence-corrected chi connectivity index (χ1v) is 5.38. The normalized spacial score (nSPS) is 10.6. The number of hydrogen-bond donors (Lipinski definition) is 0. The van der Waals surface area contributed by atoms with Gasteiger partial charge in [-0.05, 0) is 37.1 Å². The summed E-state index contributed by atoms with van der Waals surface area (Å²) in [6.07, 6.45) is 4.65. The maximum atomic E-state index is 5.97. The van der Waals surface area contributed by atoms with Crippen LogP contribution in [0.1, 0.15) is 18.2 Å². The Hall–Kier alpha value is -1.28. The third-order valence-electron chi connectivity index (χ3n) is 2.51. The van der Waals surface area contributed by atoms with Crippen LogP contribution >= 0.6 is 11.6 Å². The van der Waals surface area contributed by atoms with Gasteiger partial charge in [0.25, 0.3) is 0 Å². The van der Waals surface area contributed by atoms with Crippen molar-refractivity contribution in [2.45, 2.75) is 20.3 Å². The molecule has 2 rings (SSSR count). The molecule has 1 aromatic carbocycles. The van der Waals surface area contributed by atoms with Gasteiger partial charge in [0.1, 0.15) is 0 Å². The molecule has 0 N–H and O–H groups in total. The van der Waals surface area contributed by atoms with Gasteiger partial charge in [0.2, 0.25) is 0 Å². The molecule has 2 nitrogen and oxygen atoms in total. The zero-order valence-corrected chi connectivity index (χ0v) is 9.62. The Kier molecular flexibility index (Phi) is 2.78. The second-order valence-corrected chi connectivity index (χ2v) is 3.97. The number of aryl methyl sites for hydroxylation is 2. The molecule has 0 amide bonds. The third-order valence-corrected chi connectivity index (χ3v) is 2.74. The average molecular weight is 221 g/mol. The molecule has 0 bridgehead atoms. The first kappa shape index (κ1) is 10.2. The summed E-state index contributed by atoms with van der Waals surface area (Å²) in [5, 5.41) is 0.786. The molecule has 0 radical (unpaired) electrons. The summed E-state index contributed by atoms with van der Waals surface area (Å²) in [6, 6.07) is 5.96. The maximum absolute atomic E-state index is 5.97. The standard InChI is InChI=1S/C12H13ClN2/c1-3-10-6-11(13)4-5-12(10)15-8-14-7-9(15)2/h4-8H,3H2,1-2H3. The van der Waals surface area contributed by atoms with E-state index in [1.54, 1.807) is 0 Å². The molecule has 0 aliphatic rings. The van der Waals surface area contributed by atoms with E-state index in [9.17, 15) is 0 Å². The summed E-state index contributed by atoms with van der Waals surface area (Å²) in [7, 11) is 0. The molecule has 1 aromatic heterocycles. The van der Waals surface area contributed by atoms with Crippen molar-refractivity contribution in [3.05, 3.63) is 47.0 Å². The van der Waals surface area contributed by atoms with E-state index in [2.05, 4.69) is 16.5 Å². The summed E-state index contributed by atoms with van der Waals surface area (Å²) in [6.45, 7) is 4.17. The van der Waals surface area contributed by atoms with Gasteiger partial charge in [-0.1, -0.05) is 18.5 Å². The Balaban J connectivity index is 2.58. The van der Waals surface area contributed by atoms with Gasteiger partial charge < -0.3 is 4.57 Å². The van der Waals surface area contributed by atoms with Gasteiger partial charge in [0, 0.05) is 16.9 Å². The second kappa shape index (κ2) is 4.07. The Morgan fingerprint density at radius 3 is 2.80 bits per heavy atom. The minimum atomic E-state index is 0.786. The molecule has 78 valence electrons. The molecule has 3 heteroatoms. The highest BCUT2D eigenvalue weighted by atomic mass is 35.5. The number of nitrogens with zero attached hydrogens (tertiary/aromatic N) is 2. The summed E-state index contributed by atoms with van der Waals surface area (Å²) in [5.41, 5.74) is 3.53. The average Bonchev–Trinajstić information content (AvgIpc) is 2.64. The number of hydrogen-bond acceptors (Lipinski definition) is 1. The molecule has 0 aliphatic carbocycles. The molecule has 0 aliphatic heterocycles. The van der Waals surface area contributed by atoms with E-state index in [-0.39, 0.29) is 0 Å². The van der Waals surface area contributed by atoms with Crippen LogP contribution in [0.3, 0.4) is 0 Å². The topological polar surface area (TPSA) is 17.8 Å². The SMILES string of the molecule is CCc1cc(Cl)ccc1-n1cncc1C. The Labute approximate surface area is 94.5 Å². The summed E-state index contributed by atoms with van der Waals surface area (Å²) in [4.78, 5) is 4.13. The Morgan fingerprint density at radius 2 is 2.20 bits per heavy atom. The van der Waals surface area contributed by atoms with Crippen LogP contribution in [0.25, 0.3) is 5.69 Å². The van der Waals surface area contributed by atoms with Crippen LogP contribution in [0, 0.1) is 6.92 Å². The van der Waals surface area contributed by atoms with Gasteiger partial charge in [-0.2, -0.15) is 0 Å². The molecular weight excluding hydrogens is 208 g/mol. The molecule has 1 heterocycles. The van der Waals surface area contributed by atoms with Crippen molar-refractivity contribution in [2.24, 2.45) is 0 Å². The smallest absolute Gasteiger partial charge is 0.0994 e. The quantitative estimate of drug-likeness (QED) is 0.759. The molecule has 0 fully saturated rings. The van der Waals surface area contributed by atoms with Crippen molar-refractivity contribution in [1.82, 2.24) is 9.55 Å².